The zero-order chi connectivity index (χ0) is 23.6. The van der Waals surface area contributed by atoms with Crippen molar-refractivity contribution in [3.8, 4) is 11.5 Å². The van der Waals surface area contributed by atoms with Crippen molar-refractivity contribution in [1.29, 1.82) is 0 Å². The second-order valence-corrected chi connectivity index (χ2v) is 7.61. The summed E-state index contributed by atoms with van der Waals surface area (Å²) in [5.74, 6) is 0.565. The second kappa shape index (κ2) is 11.6. The third kappa shape index (κ3) is 7.04. The summed E-state index contributed by atoms with van der Waals surface area (Å²) in [5.41, 5.74) is 5.11. The number of carbonyl (C=O) groups is 1. The summed E-state index contributed by atoms with van der Waals surface area (Å²) in [5, 5.41) is 17.7. The predicted molar refractivity (Wildman–Crippen MR) is 129 cm³/mol. The summed E-state index contributed by atoms with van der Waals surface area (Å²) in [7, 11) is 1.50. The standard InChI is InChI=1S/C23H21BrN4O5/c1-32-21-12-17(14-26-27-18-7-9-19(10-8-18)28(30)31)11-20(24)23(21)33-15-22(29)25-13-16-5-3-2-4-6-16/h2-12,14,27H,13,15H2,1H3,(H,25,29)/b26-14-. The maximum absolute atomic E-state index is 12.1. The lowest BCUT2D eigenvalue weighted by atomic mass is 10.2. The topological polar surface area (TPSA) is 115 Å². The molecule has 0 aromatic heterocycles. The lowest BCUT2D eigenvalue weighted by Gasteiger charge is -2.13. The van der Waals surface area contributed by atoms with Gasteiger partial charge in [0, 0.05) is 18.7 Å². The number of ether oxygens (including phenoxy) is 2. The smallest absolute Gasteiger partial charge is 0.269 e. The molecule has 33 heavy (non-hydrogen) atoms. The Bertz CT molecular complexity index is 1140. The number of nitrogens with zero attached hydrogens (tertiary/aromatic N) is 2. The van der Waals surface area contributed by atoms with Crippen molar-refractivity contribution >= 4 is 39.4 Å². The van der Waals surface area contributed by atoms with E-state index >= 15 is 0 Å². The SMILES string of the molecule is COc1cc(/C=N\Nc2ccc([N+](=O)[O-])cc2)cc(Br)c1OCC(=O)NCc1ccccc1. The van der Waals surface area contributed by atoms with Crippen molar-refractivity contribution < 1.29 is 19.2 Å². The zero-order valence-electron chi connectivity index (χ0n) is 17.7. The van der Waals surface area contributed by atoms with E-state index in [9.17, 15) is 14.9 Å². The largest absolute Gasteiger partial charge is 0.493 e. The molecule has 0 bridgehead atoms. The van der Waals surface area contributed by atoms with Crippen LogP contribution in [0.5, 0.6) is 11.5 Å². The molecule has 0 unspecified atom stereocenters. The van der Waals surface area contributed by atoms with Gasteiger partial charge in [0.25, 0.3) is 11.6 Å². The van der Waals surface area contributed by atoms with E-state index in [4.69, 9.17) is 9.47 Å². The molecule has 1 amide bonds. The van der Waals surface area contributed by atoms with Crippen molar-refractivity contribution in [2.45, 2.75) is 6.54 Å². The van der Waals surface area contributed by atoms with E-state index < -0.39 is 4.92 Å². The maximum atomic E-state index is 12.1. The summed E-state index contributed by atoms with van der Waals surface area (Å²) in [4.78, 5) is 22.4. The molecule has 10 heteroatoms. The van der Waals surface area contributed by atoms with Gasteiger partial charge in [-0.3, -0.25) is 20.3 Å². The summed E-state index contributed by atoms with van der Waals surface area (Å²) < 4.78 is 11.7. The molecule has 0 atom stereocenters. The first kappa shape index (κ1) is 23.7. The molecular weight excluding hydrogens is 492 g/mol. The van der Waals surface area contributed by atoms with Gasteiger partial charge in [0.15, 0.2) is 18.1 Å². The summed E-state index contributed by atoms with van der Waals surface area (Å²) >= 11 is 3.44. The summed E-state index contributed by atoms with van der Waals surface area (Å²) in [6.45, 7) is 0.245. The Morgan fingerprint density at radius 3 is 2.55 bits per heavy atom. The number of amides is 1. The molecule has 0 aliphatic carbocycles. The van der Waals surface area contributed by atoms with Crippen LogP contribution < -0.4 is 20.2 Å². The molecule has 0 aliphatic heterocycles. The molecule has 170 valence electrons. The Morgan fingerprint density at radius 1 is 1.15 bits per heavy atom. The van der Waals surface area contributed by atoms with E-state index in [1.807, 2.05) is 30.3 Å². The minimum atomic E-state index is -0.465. The Balaban J connectivity index is 1.58. The van der Waals surface area contributed by atoms with Crippen molar-refractivity contribution in [3.05, 3.63) is 92.4 Å². The van der Waals surface area contributed by atoms with E-state index in [2.05, 4.69) is 31.8 Å². The van der Waals surface area contributed by atoms with Crippen LogP contribution in [0.4, 0.5) is 11.4 Å². The molecule has 0 saturated heterocycles. The van der Waals surface area contributed by atoms with Gasteiger partial charge in [-0.2, -0.15) is 5.10 Å². The number of halogens is 1. The van der Waals surface area contributed by atoms with Crippen molar-refractivity contribution in [2.24, 2.45) is 5.10 Å². The monoisotopic (exact) mass is 512 g/mol. The van der Waals surface area contributed by atoms with E-state index in [0.717, 1.165) is 5.56 Å². The highest BCUT2D eigenvalue weighted by Gasteiger charge is 2.13. The Kier molecular flexibility index (Phi) is 8.36. The molecule has 0 spiro atoms. The first-order valence-corrected chi connectivity index (χ1v) is 10.6. The Hall–Kier alpha value is -3.92. The van der Waals surface area contributed by atoms with Crippen LogP contribution in [-0.2, 0) is 11.3 Å². The number of anilines is 1. The van der Waals surface area contributed by atoms with E-state index in [-0.39, 0.29) is 18.2 Å². The molecule has 9 nitrogen and oxygen atoms in total. The third-order valence-electron chi connectivity index (χ3n) is 4.42. The molecule has 3 rings (SSSR count). The predicted octanol–water partition coefficient (Wildman–Crippen LogP) is 4.51. The number of nitro groups is 1. The van der Waals surface area contributed by atoms with Crippen LogP contribution in [-0.4, -0.2) is 30.8 Å². The highest BCUT2D eigenvalue weighted by molar-refractivity contribution is 9.10. The average molecular weight is 513 g/mol. The average Bonchev–Trinajstić information content (AvgIpc) is 2.82. The number of non-ortho nitro benzene ring substituents is 1. The van der Waals surface area contributed by atoms with E-state index in [1.54, 1.807) is 30.5 Å². The molecule has 0 fully saturated rings. The molecule has 3 aromatic rings. The zero-order valence-corrected chi connectivity index (χ0v) is 19.2. The van der Waals surface area contributed by atoms with E-state index in [1.165, 1.54) is 19.2 Å². The first-order valence-electron chi connectivity index (χ1n) is 9.80. The highest BCUT2D eigenvalue weighted by atomic mass is 79.9. The van der Waals surface area contributed by atoms with Crippen LogP contribution in [0.15, 0.2) is 76.3 Å². The van der Waals surface area contributed by atoms with Gasteiger partial charge < -0.3 is 14.8 Å². The fraction of sp³-hybridized carbons (Fsp3) is 0.130. The van der Waals surface area contributed by atoms with Crippen LogP contribution in [0.25, 0.3) is 0 Å². The van der Waals surface area contributed by atoms with Gasteiger partial charge in [-0.25, -0.2) is 0 Å². The molecule has 0 heterocycles. The minimum Gasteiger partial charge on any atom is -0.493 e. The number of benzene rings is 3. The van der Waals surface area contributed by atoms with Gasteiger partial charge in [0.2, 0.25) is 0 Å². The molecule has 2 N–H and O–H groups in total. The quantitative estimate of drug-likeness (QED) is 0.234. The number of rotatable bonds is 10. The number of nitro benzene ring substituents is 1. The number of carbonyl (C=O) groups excluding carboxylic acids is 1. The van der Waals surface area contributed by atoms with E-state index in [0.29, 0.717) is 33.8 Å². The van der Waals surface area contributed by atoms with Gasteiger partial charge in [0.05, 0.1) is 28.4 Å². The number of hydrogen-bond donors (Lipinski definition) is 2. The highest BCUT2D eigenvalue weighted by Crippen LogP contribution is 2.36. The summed E-state index contributed by atoms with van der Waals surface area (Å²) in [6.07, 6.45) is 1.56. The number of hydrazone groups is 1. The van der Waals surface area contributed by atoms with Crippen LogP contribution in [0.3, 0.4) is 0 Å². The number of hydrogen-bond acceptors (Lipinski definition) is 7. The van der Waals surface area contributed by atoms with Crippen LogP contribution in [0, 0.1) is 10.1 Å². The maximum Gasteiger partial charge on any atom is 0.269 e. The van der Waals surface area contributed by atoms with Gasteiger partial charge in [-0.05, 0) is 51.3 Å². The van der Waals surface area contributed by atoms with Gasteiger partial charge >= 0.3 is 0 Å². The molecule has 0 aliphatic rings. The molecule has 3 aromatic carbocycles. The molecule has 0 saturated carbocycles. The first-order chi connectivity index (χ1) is 16.0. The lowest BCUT2D eigenvalue weighted by molar-refractivity contribution is -0.384. The molecular formula is C23H21BrN4O5. The van der Waals surface area contributed by atoms with Crippen LogP contribution in [0.2, 0.25) is 0 Å². The van der Waals surface area contributed by atoms with Gasteiger partial charge in [-0.15, -0.1) is 0 Å². The minimum absolute atomic E-state index is 0.00235. The van der Waals surface area contributed by atoms with Gasteiger partial charge in [-0.1, -0.05) is 30.3 Å². The van der Waals surface area contributed by atoms with Crippen molar-refractivity contribution in [2.75, 3.05) is 19.1 Å². The summed E-state index contributed by atoms with van der Waals surface area (Å²) in [6, 6.07) is 19.0. The lowest BCUT2D eigenvalue weighted by Crippen LogP contribution is -2.28. The normalized spacial score (nSPS) is 10.6. The number of methoxy groups -OCH3 is 1. The van der Waals surface area contributed by atoms with Gasteiger partial charge in [0.1, 0.15) is 0 Å². The third-order valence-corrected chi connectivity index (χ3v) is 5.01. The van der Waals surface area contributed by atoms with Crippen LogP contribution >= 0.6 is 15.9 Å². The van der Waals surface area contributed by atoms with Crippen molar-refractivity contribution in [3.63, 3.8) is 0 Å². The number of nitrogens with one attached hydrogen (secondary N) is 2. The Morgan fingerprint density at radius 2 is 1.88 bits per heavy atom. The second-order valence-electron chi connectivity index (χ2n) is 6.76. The van der Waals surface area contributed by atoms with Crippen molar-refractivity contribution in [1.82, 2.24) is 5.32 Å². The van der Waals surface area contributed by atoms with Crippen LogP contribution in [0.1, 0.15) is 11.1 Å². The fourth-order valence-corrected chi connectivity index (χ4v) is 3.35. The molecule has 0 radical (unpaired) electrons. The Labute approximate surface area is 198 Å². The fourth-order valence-electron chi connectivity index (χ4n) is 2.78.